The van der Waals surface area contributed by atoms with Gasteiger partial charge in [-0.2, -0.15) is 0 Å². The summed E-state index contributed by atoms with van der Waals surface area (Å²) in [7, 11) is 0. The summed E-state index contributed by atoms with van der Waals surface area (Å²) in [5.41, 5.74) is 7.47. The zero-order valence-electron chi connectivity index (χ0n) is 11.8. The lowest BCUT2D eigenvalue weighted by atomic mass is 9.93. The van der Waals surface area contributed by atoms with Crippen molar-refractivity contribution >= 4 is 22.5 Å². The highest BCUT2D eigenvalue weighted by Crippen LogP contribution is 2.32. The number of carbonyl (C=O) groups excluding carboxylic acids is 2. The van der Waals surface area contributed by atoms with Crippen LogP contribution >= 0.6 is 0 Å². The van der Waals surface area contributed by atoms with Crippen molar-refractivity contribution in [1.82, 2.24) is 0 Å². The second-order valence-electron chi connectivity index (χ2n) is 5.45. The number of hydrogen-bond acceptors (Lipinski definition) is 3. The van der Waals surface area contributed by atoms with Gasteiger partial charge in [-0.25, -0.2) is 0 Å². The summed E-state index contributed by atoms with van der Waals surface area (Å²) in [6.07, 6.45) is 2.56. The molecule has 1 aliphatic carbocycles. The van der Waals surface area contributed by atoms with E-state index in [1.165, 1.54) is 6.26 Å². The van der Waals surface area contributed by atoms with Gasteiger partial charge in [-0.15, -0.1) is 0 Å². The predicted molar refractivity (Wildman–Crippen MR) is 82.0 cm³/mol. The Bertz CT molecular complexity index is 937. The Balaban J connectivity index is 1.99. The zero-order valence-corrected chi connectivity index (χ0v) is 11.8. The average molecular weight is 291 g/mol. The molecule has 0 saturated carbocycles. The van der Waals surface area contributed by atoms with E-state index >= 15 is 0 Å². The van der Waals surface area contributed by atoms with E-state index in [0.717, 1.165) is 16.3 Å². The molecule has 0 saturated heterocycles. The molecule has 2 N–H and O–H groups in total. The molecule has 3 aromatic rings. The Labute approximate surface area is 126 Å². The number of rotatable bonds is 1. The van der Waals surface area contributed by atoms with Crippen LogP contribution in [0.15, 0.2) is 47.1 Å². The molecular weight excluding hydrogens is 278 g/mol. The normalized spacial score (nSPS) is 13.5. The summed E-state index contributed by atoms with van der Waals surface area (Å²) in [5.74, 6) is -0.280. The molecule has 0 aliphatic heterocycles. The van der Waals surface area contributed by atoms with E-state index in [9.17, 15) is 9.59 Å². The van der Waals surface area contributed by atoms with Gasteiger partial charge < -0.3 is 10.2 Å². The monoisotopic (exact) mass is 291 g/mol. The van der Waals surface area contributed by atoms with Crippen LogP contribution in [0.1, 0.15) is 37.6 Å². The van der Waals surface area contributed by atoms with Crippen LogP contribution in [0.5, 0.6) is 0 Å². The van der Waals surface area contributed by atoms with Gasteiger partial charge in [0.2, 0.25) is 0 Å². The van der Waals surface area contributed by atoms with E-state index in [0.29, 0.717) is 29.7 Å². The quantitative estimate of drug-likeness (QED) is 0.749. The van der Waals surface area contributed by atoms with Gasteiger partial charge in [0.25, 0.3) is 5.91 Å². The molecular formula is C18H13NO3. The van der Waals surface area contributed by atoms with Crippen LogP contribution in [0.3, 0.4) is 0 Å². The highest BCUT2D eigenvalue weighted by Gasteiger charge is 2.29. The molecule has 0 spiro atoms. The van der Waals surface area contributed by atoms with Crippen molar-refractivity contribution in [3.05, 3.63) is 70.7 Å². The number of amides is 1. The second kappa shape index (κ2) is 4.56. The molecule has 0 fully saturated rings. The van der Waals surface area contributed by atoms with E-state index in [4.69, 9.17) is 10.2 Å². The highest BCUT2D eigenvalue weighted by molar-refractivity contribution is 6.18. The molecule has 0 unspecified atom stereocenters. The van der Waals surface area contributed by atoms with Crippen molar-refractivity contribution in [2.24, 2.45) is 5.73 Å². The van der Waals surface area contributed by atoms with Crippen molar-refractivity contribution in [2.75, 3.05) is 0 Å². The van der Waals surface area contributed by atoms with Crippen molar-refractivity contribution in [3.63, 3.8) is 0 Å². The maximum atomic E-state index is 12.9. The Morgan fingerprint density at radius 1 is 1.09 bits per heavy atom. The number of nitrogens with two attached hydrogens (primary N) is 1. The molecule has 0 radical (unpaired) electrons. The molecule has 1 aromatic heterocycles. The molecule has 1 amide bonds. The number of fused-ring (bicyclic) bond motifs is 4. The lowest BCUT2D eigenvalue weighted by molar-refractivity contribution is 0.0981. The molecule has 4 rings (SSSR count). The minimum Gasteiger partial charge on any atom is -0.468 e. The standard InChI is InChI=1S/C18H13NO3/c19-18(21)14-9-22-15-8-7-12-11-4-2-1-3-10(11)5-6-13(12)17(20)16(14)15/h1-6,9H,7-8H2,(H2,19,21). The van der Waals surface area contributed by atoms with E-state index in [2.05, 4.69) is 0 Å². The molecule has 1 aliphatic rings. The Kier molecular flexibility index (Phi) is 2.66. The zero-order chi connectivity index (χ0) is 15.3. The topological polar surface area (TPSA) is 73.3 Å². The maximum Gasteiger partial charge on any atom is 0.252 e. The van der Waals surface area contributed by atoms with Gasteiger partial charge >= 0.3 is 0 Å². The molecule has 4 nitrogen and oxygen atoms in total. The number of furan rings is 1. The van der Waals surface area contributed by atoms with Crippen molar-refractivity contribution in [1.29, 1.82) is 0 Å². The Hall–Kier alpha value is -2.88. The first-order valence-electron chi connectivity index (χ1n) is 7.12. The van der Waals surface area contributed by atoms with Crippen LogP contribution in [-0.4, -0.2) is 11.7 Å². The summed E-state index contributed by atoms with van der Waals surface area (Å²) in [5, 5.41) is 2.17. The number of aryl methyl sites for hydroxylation is 2. The summed E-state index contributed by atoms with van der Waals surface area (Å²) in [6.45, 7) is 0. The number of hydrogen-bond donors (Lipinski definition) is 1. The second-order valence-corrected chi connectivity index (χ2v) is 5.45. The summed E-state index contributed by atoms with van der Waals surface area (Å²) in [6, 6.07) is 11.7. The molecule has 1 heterocycles. The number of ketones is 1. The van der Waals surface area contributed by atoms with Crippen molar-refractivity contribution in [3.8, 4) is 0 Å². The van der Waals surface area contributed by atoms with Crippen LogP contribution in [0.2, 0.25) is 0 Å². The van der Waals surface area contributed by atoms with Gasteiger partial charge in [0, 0.05) is 12.0 Å². The minimum atomic E-state index is -0.636. The number of benzene rings is 2. The molecule has 108 valence electrons. The highest BCUT2D eigenvalue weighted by atomic mass is 16.3. The SMILES string of the molecule is NC(=O)c1coc2c1C(=O)c1ccc3ccccc3c1CC2. The predicted octanol–water partition coefficient (Wildman–Crippen LogP) is 2.86. The third-order valence-corrected chi connectivity index (χ3v) is 4.25. The third-order valence-electron chi connectivity index (χ3n) is 4.25. The largest absolute Gasteiger partial charge is 0.468 e. The molecule has 4 heteroatoms. The van der Waals surface area contributed by atoms with Crippen LogP contribution in [-0.2, 0) is 12.8 Å². The first-order chi connectivity index (χ1) is 10.7. The summed E-state index contributed by atoms with van der Waals surface area (Å²) >= 11 is 0. The van der Waals surface area contributed by atoms with E-state index in [-0.39, 0.29) is 11.3 Å². The van der Waals surface area contributed by atoms with Crippen LogP contribution in [0, 0.1) is 0 Å². The van der Waals surface area contributed by atoms with Gasteiger partial charge in [-0.1, -0.05) is 36.4 Å². The van der Waals surface area contributed by atoms with Gasteiger partial charge in [0.15, 0.2) is 5.78 Å². The van der Waals surface area contributed by atoms with E-state index < -0.39 is 5.91 Å². The fraction of sp³-hybridized carbons (Fsp3) is 0.111. The minimum absolute atomic E-state index is 0.168. The Morgan fingerprint density at radius 2 is 1.91 bits per heavy atom. The van der Waals surface area contributed by atoms with Crippen LogP contribution < -0.4 is 5.73 Å². The number of primary amides is 1. The molecule has 0 atom stereocenters. The van der Waals surface area contributed by atoms with Crippen LogP contribution in [0.25, 0.3) is 10.8 Å². The maximum absolute atomic E-state index is 12.9. The summed E-state index contributed by atoms with van der Waals surface area (Å²) < 4.78 is 5.42. The van der Waals surface area contributed by atoms with E-state index in [1.54, 1.807) is 0 Å². The molecule has 2 aromatic carbocycles. The first-order valence-corrected chi connectivity index (χ1v) is 7.12. The van der Waals surface area contributed by atoms with Crippen molar-refractivity contribution in [2.45, 2.75) is 12.8 Å². The average Bonchev–Trinajstić information content (AvgIpc) is 2.90. The fourth-order valence-corrected chi connectivity index (χ4v) is 3.20. The molecule has 22 heavy (non-hydrogen) atoms. The third kappa shape index (κ3) is 1.70. The van der Waals surface area contributed by atoms with Crippen LogP contribution in [0.4, 0.5) is 0 Å². The van der Waals surface area contributed by atoms with Crippen molar-refractivity contribution < 1.29 is 14.0 Å². The first kappa shape index (κ1) is 12.8. The summed E-state index contributed by atoms with van der Waals surface area (Å²) in [4.78, 5) is 24.4. The molecule has 0 bridgehead atoms. The van der Waals surface area contributed by atoms with Gasteiger partial charge in [0.1, 0.15) is 12.0 Å². The van der Waals surface area contributed by atoms with Gasteiger partial charge in [0.05, 0.1) is 11.1 Å². The number of carbonyl (C=O) groups is 2. The smallest absolute Gasteiger partial charge is 0.252 e. The van der Waals surface area contributed by atoms with Gasteiger partial charge in [-0.05, 0) is 22.8 Å². The van der Waals surface area contributed by atoms with Gasteiger partial charge in [-0.3, -0.25) is 9.59 Å². The Morgan fingerprint density at radius 3 is 2.73 bits per heavy atom. The fourth-order valence-electron chi connectivity index (χ4n) is 3.20. The van der Waals surface area contributed by atoms with E-state index in [1.807, 2.05) is 36.4 Å². The lowest BCUT2D eigenvalue weighted by Crippen LogP contribution is -2.15. The lowest BCUT2D eigenvalue weighted by Gasteiger charge is -2.09.